The van der Waals surface area contributed by atoms with Gasteiger partial charge in [-0.25, -0.2) is 12.7 Å². The van der Waals surface area contributed by atoms with Crippen LogP contribution >= 0.6 is 0 Å². The fourth-order valence-electron chi connectivity index (χ4n) is 3.14. The third kappa shape index (κ3) is 5.46. The molecule has 1 N–H and O–H groups in total. The zero-order valence-corrected chi connectivity index (χ0v) is 15.8. The Morgan fingerprint density at radius 2 is 1.88 bits per heavy atom. The van der Waals surface area contributed by atoms with E-state index >= 15 is 0 Å². The van der Waals surface area contributed by atoms with Gasteiger partial charge < -0.3 is 10.1 Å². The Morgan fingerprint density at radius 1 is 1.25 bits per heavy atom. The van der Waals surface area contributed by atoms with Gasteiger partial charge in [0.25, 0.3) is 0 Å². The third-order valence-corrected chi connectivity index (χ3v) is 6.64. The molecule has 0 saturated carbocycles. The maximum absolute atomic E-state index is 11.9. The lowest BCUT2D eigenvalue weighted by molar-refractivity contribution is 0.273. The summed E-state index contributed by atoms with van der Waals surface area (Å²) >= 11 is 0. The third-order valence-electron chi connectivity index (χ3n) is 4.76. The second-order valence-electron chi connectivity index (χ2n) is 6.53. The second kappa shape index (κ2) is 8.83. The van der Waals surface area contributed by atoms with Gasteiger partial charge in [-0.1, -0.05) is 12.1 Å². The van der Waals surface area contributed by atoms with Crippen LogP contribution in [0.25, 0.3) is 0 Å². The minimum atomic E-state index is -3.03. The van der Waals surface area contributed by atoms with Crippen LogP contribution in [-0.4, -0.2) is 50.8 Å². The summed E-state index contributed by atoms with van der Waals surface area (Å²) in [6.07, 6.45) is 3.89. The van der Waals surface area contributed by atoms with E-state index in [0.29, 0.717) is 25.2 Å². The Balaban J connectivity index is 1.72. The molecule has 1 unspecified atom stereocenters. The summed E-state index contributed by atoms with van der Waals surface area (Å²) in [6, 6.07) is 9.05. The first-order chi connectivity index (χ1) is 11.4. The summed E-state index contributed by atoms with van der Waals surface area (Å²) in [5, 5.41) is 3.66. The van der Waals surface area contributed by atoms with Gasteiger partial charge in [-0.15, -0.1) is 0 Å². The number of ether oxygens (including phenoxy) is 1. The van der Waals surface area contributed by atoms with Crippen LogP contribution in [-0.2, 0) is 16.4 Å². The first kappa shape index (κ1) is 19.2. The molecule has 0 aliphatic carbocycles. The van der Waals surface area contributed by atoms with E-state index in [1.54, 1.807) is 18.3 Å². The van der Waals surface area contributed by atoms with Gasteiger partial charge in [0.05, 0.1) is 12.9 Å². The van der Waals surface area contributed by atoms with E-state index in [-0.39, 0.29) is 5.75 Å². The highest BCUT2D eigenvalue weighted by Crippen LogP contribution is 2.17. The summed E-state index contributed by atoms with van der Waals surface area (Å²) < 4.78 is 30.6. The van der Waals surface area contributed by atoms with Crippen molar-refractivity contribution in [2.75, 3.05) is 26.0 Å². The Hall–Kier alpha value is -1.11. The summed E-state index contributed by atoms with van der Waals surface area (Å²) in [5.74, 6) is 1.09. The minimum Gasteiger partial charge on any atom is -0.497 e. The van der Waals surface area contributed by atoms with Crippen LogP contribution < -0.4 is 10.1 Å². The highest BCUT2D eigenvalue weighted by Gasteiger charge is 2.26. The van der Waals surface area contributed by atoms with Crippen molar-refractivity contribution in [2.45, 2.75) is 51.6 Å². The van der Waals surface area contributed by atoms with Crippen LogP contribution in [0.15, 0.2) is 24.3 Å². The maximum Gasteiger partial charge on any atom is 0.213 e. The predicted molar refractivity (Wildman–Crippen MR) is 98.0 cm³/mol. The van der Waals surface area contributed by atoms with E-state index in [9.17, 15) is 8.42 Å². The highest BCUT2D eigenvalue weighted by atomic mass is 32.2. The molecule has 1 atom stereocenters. The van der Waals surface area contributed by atoms with E-state index in [0.717, 1.165) is 31.4 Å². The molecule has 24 heavy (non-hydrogen) atoms. The normalized spacial score (nSPS) is 18.5. The quantitative estimate of drug-likeness (QED) is 0.779. The molecule has 0 amide bonds. The average molecular weight is 355 g/mol. The van der Waals surface area contributed by atoms with Crippen LogP contribution in [0.2, 0.25) is 0 Å². The van der Waals surface area contributed by atoms with Gasteiger partial charge in [0.2, 0.25) is 10.0 Å². The number of hydrogen-bond donors (Lipinski definition) is 1. The zero-order chi connectivity index (χ0) is 17.6. The molecule has 1 aromatic rings. The number of sulfonamides is 1. The topological polar surface area (TPSA) is 58.6 Å². The molecule has 136 valence electrons. The van der Waals surface area contributed by atoms with Crippen molar-refractivity contribution in [1.29, 1.82) is 0 Å². The van der Waals surface area contributed by atoms with Crippen LogP contribution in [0.5, 0.6) is 5.75 Å². The van der Waals surface area contributed by atoms with Gasteiger partial charge >= 0.3 is 0 Å². The van der Waals surface area contributed by atoms with Gasteiger partial charge in [0, 0.05) is 25.2 Å². The maximum atomic E-state index is 11.9. The van der Waals surface area contributed by atoms with Crippen molar-refractivity contribution in [3.63, 3.8) is 0 Å². The number of piperidine rings is 1. The van der Waals surface area contributed by atoms with E-state index in [2.05, 4.69) is 24.4 Å². The highest BCUT2D eigenvalue weighted by molar-refractivity contribution is 7.89. The van der Waals surface area contributed by atoms with Crippen molar-refractivity contribution in [1.82, 2.24) is 9.62 Å². The van der Waals surface area contributed by atoms with Gasteiger partial charge in [-0.3, -0.25) is 0 Å². The van der Waals surface area contributed by atoms with E-state index < -0.39 is 10.0 Å². The van der Waals surface area contributed by atoms with Gasteiger partial charge in [-0.2, -0.15) is 0 Å². The first-order valence-electron chi connectivity index (χ1n) is 8.81. The molecule has 0 aromatic heterocycles. The van der Waals surface area contributed by atoms with Crippen molar-refractivity contribution in [2.24, 2.45) is 0 Å². The van der Waals surface area contributed by atoms with E-state index in [1.165, 1.54) is 5.56 Å². The van der Waals surface area contributed by atoms with E-state index in [4.69, 9.17) is 4.74 Å². The van der Waals surface area contributed by atoms with Crippen LogP contribution in [0, 0.1) is 0 Å². The number of benzene rings is 1. The lowest BCUT2D eigenvalue weighted by Gasteiger charge is -2.33. The lowest BCUT2D eigenvalue weighted by Crippen LogP contribution is -2.47. The molecule has 1 heterocycles. The molecule has 0 bridgehead atoms. The molecule has 1 fully saturated rings. The van der Waals surface area contributed by atoms with Gasteiger partial charge in [0.1, 0.15) is 5.75 Å². The van der Waals surface area contributed by atoms with E-state index in [1.807, 2.05) is 12.1 Å². The fourth-order valence-corrected chi connectivity index (χ4v) is 4.28. The molecule has 1 aliphatic rings. The first-order valence-corrected chi connectivity index (χ1v) is 10.4. The minimum absolute atomic E-state index is 0.198. The van der Waals surface area contributed by atoms with Crippen LogP contribution in [0.1, 0.15) is 38.7 Å². The molecule has 0 radical (unpaired) electrons. The second-order valence-corrected chi connectivity index (χ2v) is 8.79. The average Bonchev–Trinajstić information content (AvgIpc) is 2.61. The predicted octanol–water partition coefficient (Wildman–Crippen LogP) is 2.42. The Labute approximate surface area is 146 Å². The molecule has 6 heteroatoms. The van der Waals surface area contributed by atoms with Crippen molar-refractivity contribution in [3.05, 3.63) is 29.8 Å². The number of methoxy groups -OCH3 is 1. The number of nitrogens with one attached hydrogen (secondary N) is 1. The number of hydrogen-bond acceptors (Lipinski definition) is 4. The molecule has 0 spiro atoms. The van der Waals surface area contributed by atoms with Crippen LogP contribution in [0.3, 0.4) is 0 Å². The monoisotopic (exact) mass is 354 g/mol. The summed E-state index contributed by atoms with van der Waals surface area (Å²) in [5.41, 5.74) is 1.31. The molecular formula is C18H30N2O3S. The summed E-state index contributed by atoms with van der Waals surface area (Å²) in [4.78, 5) is 0. The molecule has 1 aromatic carbocycles. The summed E-state index contributed by atoms with van der Waals surface area (Å²) in [6.45, 7) is 5.19. The Morgan fingerprint density at radius 3 is 2.42 bits per heavy atom. The van der Waals surface area contributed by atoms with Gasteiger partial charge in [0.15, 0.2) is 0 Å². The van der Waals surface area contributed by atoms with Crippen molar-refractivity contribution < 1.29 is 13.2 Å². The standard InChI is InChI=1S/C18H30N2O3S/c1-4-24(21,22)20-13-11-17(12-14-20)19-15(2)5-6-16-7-9-18(23-3)10-8-16/h7-10,15,17,19H,4-6,11-14H2,1-3H3. The smallest absolute Gasteiger partial charge is 0.213 e. The van der Waals surface area contributed by atoms with Crippen molar-refractivity contribution >= 4 is 10.0 Å². The number of rotatable bonds is 8. The van der Waals surface area contributed by atoms with Gasteiger partial charge in [-0.05, 0) is 57.2 Å². The summed E-state index contributed by atoms with van der Waals surface area (Å²) in [7, 11) is -1.35. The number of nitrogens with zero attached hydrogens (tertiary/aromatic N) is 1. The molecule has 5 nitrogen and oxygen atoms in total. The van der Waals surface area contributed by atoms with Crippen molar-refractivity contribution in [3.8, 4) is 5.75 Å². The molecule has 1 saturated heterocycles. The Bertz CT molecular complexity index is 593. The Kier molecular flexibility index (Phi) is 7.07. The van der Waals surface area contributed by atoms with Crippen LogP contribution in [0.4, 0.5) is 0 Å². The SMILES string of the molecule is CCS(=O)(=O)N1CCC(NC(C)CCc2ccc(OC)cc2)CC1. The largest absolute Gasteiger partial charge is 0.497 e. The zero-order valence-electron chi connectivity index (χ0n) is 15.0. The number of aryl methyl sites for hydroxylation is 1. The lowest BCUT2D eigenvalue weighted by atomic mass is 10.0. The molecule has 1 aliphatic heterocycles. The molecule has 2 rings (SSSR count). The molecular weight excluding hydrogens is 324 g/mol. The fraction of sp³-hybridized carbons (Fsp3) is 0.667.